The molecule has 0 saturated heterocycles. The van der Waals surface area contributed by atoms with E-state index in [1.807, 2.05) is 45.2 Å². The van der Waals surface area contributed by atoms with E-state index in [9.17, 15) is 9.59 Å². The second-order valence-corrected chi connectivity index (χ2v) is 9.42. The number of nitrogens with one attached hydrogen (secondary N) is 2. The van der Waals surface area contributed by atoms with Crippen LogP contribution < -0.4 is 11.1 Å². The molecule has 0 aliphatic carbocycles. The Labute approximate surface area is 208 Å². The number of para-hydroxylation sites is 1. The molecule has 2 atom stereocenters. The molecule has 0 radical (unpaired) electrons. The summed E-state index contributed by atoms with van der Waals surface area (Å²) in [4.78, 5) is 46.2. The maximum atomic E-state index is 12.2. The zero-order valence-corrected chi connectivity index (χ0v) is 20.5. The maximum Gasteiger partial charge on any atom is 0.250 e. The molecular formula is C27H27N7O2. The number of imidazole rings is 1. The lowest BCUT2D eigenvalue weighted by atomic mass is 9.88. The van der Waals surface area contributed by atoms with Gasteiger partial charge in [-0.3, -0.25) is 24.5 Å². The lowest BCUT2D eigenvalue weighted by Crippen LogP contribution is -2.25. The number of pyridine rings is 2. The van der Waals surface area contributed by atoms with Crippen molar-refractivity contribution in [3.8, 4) is 11.1 Å². The lowest BCUT2D eigenvalue weighted by molar-refractivity contribution is -0.118. The number of rotatable bonds is 5. The van der Waals surface area contributed by atoms with E-state index in [0.717, 1.165) is 22.4 Å². The van der Waals surface area contributed by atoms with Gasteiger partial charge in [0.2, 0.25) is 5.91 Å². The van der Waals surface area contributed by atoms with Gasteiger partial charge in [-0.05, 0) is 31.2 Å². The Bertz CT molecular complexity index is 1540. The highest BCUT2D eigenvalue weighted by molar-refractivity contribution is 6.14. The summed E-state index contributed by atoms with van der Waals surface area (Å²) in [6.07, 6.45) is 5.18. The molecule has 1 aromatic carbocycles. The summed E-state index contributed by atoms with van der Waals surface area (Å²) in [6.45, 7) is 7.83. The van der Waals surface area contributed by atoms with Crippen LogP contribution in [0.5, 0.6) is 0 Å². The van der Waals surface area contributed by atoms with Gasteiger partial charge in [-0.1, -0.05) is 26.8 Å². The third kappa shape index (κ3) is 4.13. The largest absolute Gasteiger partial charge is 0.366 e. The molecule has 9 nitrogen and oxygen atoms in total. The first-order valence-corrected chi connectivity index (χ1v) is 11.9. The summed E-state index contributed by atoms with van der Waals surface area (Å²) in [5.74, 6) is -0.0884. The van der Waals surface area contributed by atoms with E-state index in [2.05, 4.69) is 22.2 Å². The molecule has 4 aromatic rings. The number of nitrogens with zero attached hydrogens (tertiary/aromatic N) is 4. The van der Waals surface area contributed by atoms with Gasteiger partial charge in [-0.2, -0.15) is 0 Å². The number of H-pyrrole nitrogens is 1. The topological polar surface area (TPSA) is 139 Å². The van der Waals surface area contributed by atoms with Crippen molar-refractivity contribution >= 4 is 34.2 Å². The first kappa shape index (κ1) is 23.3. The number of amides is 2. The maximum absolute atomic E-state index is 12.2. The van der Waals surface area contributed by atoms with Crippen molar-refractivity contribution in [2.75, 3.05) is 5.32 Å². The van der Waals surface area contributed by atoms with Crippen LogP contribution in [0.25, 0.3) is 22.2 Å². The zero-order valence-electron chi connectivity index (χ0n) is 20.5. The van der Waals surface area contributed by atoms with Crippen molar-refractivity contribution in [1.82, 2.24) is 19.9 Å². The summed E-state index contributed by atoms with van der Waals surface area (Å²) in [5.41, 5.74) is 11.9. The second-order valence-electron chi connectivity index (χ2n) is 9.42. The van der Waals surface area contributed by atoms with Gasteiger partial charge >= 0.3 is 0 Å². The summed E-state index contributed by atoms with van der Waals surface area (Å²) in [7, 11) is 0. The van der Waals surface area contributed by atoms with Gasteiger partial charge in [-0.15, -0.1) is 0 Å². The summed E-state index contributed by atoms with van der Waals surface area (Å²) < 4.78 is 0. The molecule has 5 rings (SSSR count). The Morgan fingerprint density at radius 1 is 1.08 bits per heavy atom. The van der Waals surface area contributed by atoms with Crippen molar-refractivity contribution in [2.24, 2.45) is 16.6 Å². The number of carbonyl (C=O) groups excluding carboxylic acids is 2. The minimum Gasteiger partial charge on any atom is -0.366 e. The van der Waals surface area contributed by atoms with Crippen molar-refractivity contribution < 1.29 is 9.59 Å². The highest BCUT2D eigenvalue weighted by Gasteiger charge is 2.29. The Hall–Kier alpha value is -4.40. The molecule has 9 heteroatoms. The first-order chi connectivity index (χ1) is 17.2. The Morgan fingerprint density at radius 3 is 2.61 bits per heavy atom. The molecule has 1 aliphatic rings. The number of hydrogen-bond acceptors (Lipinski definition) is 6. The van der Waals surface area contributed by atoms with Crippen LogP contribution in [-0.2, 0) is 4.79 Å². The van der Waals surface area contributed by atoms with E-state index < -0.39 is 5.91 Å². The van der Waals surface area contributed by atoms with Crippen molar-refractivity contribution in [1.29, 1.82) is 0 Å². The summed E-state index contributed by atoms with van der Waals surface area (Å²) >= 11 is 0. The fraction of sp³-hybridized carbons (Fsp3) is 0.259. The standard InChI is InChI=1S/C27H27N7O2/c1-13(2)27(36)32-18-8-16(10-29-12-18)17-9-20-22(30-11-17)14(3)15(4)31-24(20)26-33-21-7-5-6-19(25(28)35)23(21)34-26/h5-15H,1-4H3,(H2,28,35)(H,32,36)(H,33,34). The number of fused-ring (bicyclic) bond motifs is 2. The average Bonchev–Trinajstić information content (AvgIpc) is 3.30. The van der Waals surface area contributed by atoms with E-state index in [-0.39, 0.29) is 23.8 Å². The molecule has 0 spiro atoms. The Kier molecular flexibility index (Phi) is 5.83. The summed E-state index contributed by atoms with van der Waals surface area (Å²) in [6, 6.07) is 9.18. The third-order valence-electron chi connectivity index (χ3n) is 6.53. The van der Waals surface area contributed by atoms with E-state index in [4.69, 9.17) is 20.7 Å². The van der Waals surface area contributed by atoms with Crippen LogP contribution in [0.2, 0.25) is 0 Å². The fourth-order valence-corrected chi connectivity index (χ4v) is 4.28. The number of nitrogens with two attached hydrogens (primary N) is 1. The molecule has 4 N–H and O–H groups in total. The first-order valence-electron chi connectivity index (χ1n) is 11.9. The predicted molar refractivity (Wildman–Crippen MR) is 139 cm³/mol. The van der Waals surface area contributed by atoms with Gasteiger partial charge in [0.25, 0.3) is 5.91 Å². The molecule has 0 bridgehead atoms. The molecule has 182 valence electrons. The van der Waals surface area contributed by atoms with Crippen LogP contribution >= 0.6 is 0 Å². The number of hydrogen-bond donors (Lipinski definition) is 3. The van der Waals surface area contributed by atoms with E-state index in [1.54, 1.807) is 24.5 Å². The van der Waals surface area contributed by atoms with Crippen LogP contribution in [-0.4, -0.2) is 43.5 Å². The van der Waals surface area contributed by atoms with Gasteiger partial charge in [0.1, 0.15) is 11.2 Å². The van der Waals surface area contributed by atoms with E-state index in [1.165, 1.54) is 0 Å². The lowest BCUT2D eigenvalue weighted by Gasteiger charge is -2.26. The number of carbonyl (C=O) groups is 2. The number of aliphatic imine (C=N–C) groups is 1. The van der Waals surface area contributed by atoms with Gasteiger partial charge in [0.05, 0.1) is 34.7 Å². The van der Waals surface area contributed by atoms with Crippen LogP contribution in [0.15, 0.2) is 53.9 Å². The van der Waals surface area contributed by atoms with Crippen LogP contribution in [0, 0.1) is 5.92 Å². The normalized spacial score (nSPS) is 17.1. The predicted octanol–water partition coefficient (Wildman–Crippen LogP) is 4.06. The molecular weight excluding hydrogens is 454 g/mol. The van der Waals surface area contributed by atoms with Crippen molar-refractivity contribution in [3.05, 3.63) is 71.6 Å². The fourth-order valence-electron chi connectivity index (χ4n) is 4.28. The van der Waals surface area contributed by atoms with Crippen molar-refractivity contribution in [2.45, 2.75) is 39.7 Å². The molecule has 3 aromatic heterocycles. The molecule has 0 fully saturated rings. The van der Waals surface area contributed by atoms with Gasteiger partial charge in [0, 0.05) is 40.9 Å². The Balaban J connectivity index is 1.60. The molecule has 4 heterocycles. The number of aromatic nitrogens is 4. The number of benzene rings is 1. The SMILES string of the molecule is CC(C)C(=O)Nc1cncc(-c2cnc3c(c2)C(c2nc4c(C(N)=O)cccc4[nH]2)=NC(C)C3C)c1. The smallest absolute Gasteiger partial charge is 0.250 e. The number of anilines is 1. The van der Waals surface area contributed by atoms with Crippen LogP contribution in [0.1, 0.15) is 61.1 Å². The molecule has 36 heavy (non-hydrogen) atoms. The van der Waals surface area contributed by atoms with E-state index in [0.29, 0.717) is 33.8 Å². The number of aromatic amines is 1. The van der Waals surface area contributed by atoms with Crippen LogP contribution in [0.3, 0.4) is 0 Å². The quantitative estimate of drug-likeness (QED) is 0.394. The van der Waals surface area contributed by atoms with Crippen LogP contribution in [0.4, 0.5) is 5.69 Å². The number of primary amides is 1. The average molecular weight is 482 g/mol. The van der Waals surface area contributed by atoms with Crippen molar-refractivity contribution in [3.63, 3.8) is 0 Å². The van der Waals surface area contributed by atoms with Gasteiger partial charge < -0.3 is 16.0 Å². The summed E-state index contributed by atoms with van der Waals surface area (Å²) in [5, 5.41) is 2.89. The zero-order chi connectivity index (χ0) is 25.6. The second kappa shape index (κ2) is 8.99. The third-order valence-corrected chi connectivity index (χ3v) is 6.53. The molecule has 0 saturated carbocycles. The minimum atomic E-state index is -0.535. The highest BCUT2D eigenvalue weighted by atomic mass is 16.2. The minimum absolute atomic E-state index is 0.00841. The highest BCUT2D eigenvalue weighted by Crippen LogP contribution is 2.33. The van der Waals surface area contributed by atoms with Gasteiger partial charge in [0.15, 0.2) is 5.82 Å². The van der Waals surface area contributed by atoms with E-state index >= 15 is 0 Å². The molecule has 1 aliphatic heterocycles. The van der Waals surface area contributed by atoms with Gasteiger partial charge in [-0.25, -0.2) is 4.98 Å². The monoisotopic (exact) mass is 481 g/mol. The molecule has 2 unspecified atom stereocenters. The Morgan fingerprint density at radius 2 is 1.86 bits per heavy atom. The molecule has 2 amide bonds.